The highest BCUT2D eigenvalue weighted by Gasteiger charge is 2.12. The van der Waals surface area contributed by atoms with Gasteiger partial charge in [0.1, 0.15) is 5.82 Å². The number of carbonyl (C=O) groups is 1. The van der Waals surface area contributed by atoms with Gasteiger partial charge in [0.2, 0.25) is 10.3 Å². The average molecular weight is 323 g/mol. The van der Waals surface area contributed by atoms with Gasteiger partial charge in [-0.3, -0.25) is 5.32 Å². The number of benzene rings is 1. The van der Waals surface area contributed by atoms with E-state index in [1.54, 1.807) is 12.1 Å². The van der Waals surface area contributed by atoms with E-state index in [2.05, 4.69) is 27.8 Å². The molecule has 0 bridgehead atoms. The second-order valence-electron chi connectivity index (χ2n) is 4.72. The fourth-order valence-corrected chi connectivity index (χ4v) is 2.45. The van der Waals surface area contributed by atoms with Crippen molar-refractivity contribution in [2.24, 2.45) is 0 Å². The molecule has 6 nitrogen and oxygen atoms in total. The molecule has 0 radical (unpaired) electrons. The molecule has 0 saturated carbocycles. The Hall–Kier alpha value is -2.22. The van der Waals surface area contributed by atoms with E-state index in [1.165, 1.54) is 23.5 Å². The van der Waals surface area contributed by atoms with Crippen LogP contribution in [-0.4, -0.2) is 29.8 Å². The van der Waals surface area contributed by atoms with Gasteiger partial charge in [-0.25, -0.2) is 9.18 Å². The van der Waals surface area contributed by atoms with Crippen LogP contribution in [0.4, 0.5) is 25.1 Å². The Bertz CT molecular complexity index is 633. The third-order valence-electron chi connectivity index (χ3n) is 2.93. The van der Waals surface area contributed by atoms with Crippen molar-refractivity contribution in [3.05, 3.63) is 30.1 Å². The van der Waals surface area contributed by atoms with E-state index in [-0.39, 0.29) is 5.69 Å². The molecule has 2 N–H and O–H groups in total. The molecule has 0 unspecified atom stereocenters. The SMILES string of the molecule is CCCCN(C)c1nnc(NC(=O)Nc2ccccc2F)s1. The quantitative estimate of drug-likeness (QED) is 0.853. The molecule has 22 heavy (non-hydrogen) atoms. The van der Waals surface area contributed by atoms with Crippen LogP contribution < -0.4 is 15.5 Å². The number of nitrogens with zero attached hydrogens (tertiary/aromatic N) is 3. The fourth-order valence-electron chi connectivity index (χ4n) is 1.72. The Morgan fingerprint density at radius 1 is 1.32 bits per heavy atom. The molecule has 1 aromatic carbocycles. The van der Waals surface area contributed by atoms with Crippen LogP contribution in [0.3, 0.4) is 0 Å². The van der Waals surface area contributed by atoms with Crippen LogP contribution in [0.1, 0.15) is 19.8 Å². The van der Waals surface area contributed by atoms with E-state index >= 15 is 0 Å². The van der Waals surface area contributed by atoms with E-state index in [0.29, 0.717) is 5.13 Å². The standard InChI is InChI=1S/C14H18FN5OS/c1-3-4-9-20(2)14-19-18-13(22-14)17-12(21)16-11-8-6-5-7-10(11)15/h5-8H,3-4,9H2,1-2H3,(H2,16,17,18,21). The van der Waals surface area contributed by atoms with E-state index in [0.717, 1.165) is 24.5 Å². The molecule has 2 amide bonds. The number of rotatable bonds is 6. The van der Waals surface area contributed by atoms with Gasteiger partial charge in [-0.1, -0.05) is 36.8 Å². The zero-order valence-electron chi connectivity index (χ0n) is 12.5. The lowest BCUT2D eigenvalue weighted by molar-refractivity contribution is 0.262. The molecule has 0 atom stereocenters. The highest BCUT2D eigenvalue weighted by atomic mass is 32.1. The van der Waals surface area contributed by atoms with Gasteiger partial charge >= 0.3 is 6.03 Å². The number of amides is 2. The maximum atomic E-state index is 13.4. The molecule has 118 valence electrons. The molecule has 0 saturated heterocycles. The zero-order valence-corrected chi connectivity index (χ0v) is 13.3. The first-order valence-electron chi connectivity index (χ1n) is 6.97. The average Bonchev–Trinajstić information content (AvgIpc) is 2.95. The second kappa shape index (κ2) is 7.69. The van der Waals surface area contributed by atoms with Gasteiger partial charge in [-0.2, -0.15) is 0 Å². The first-order chi connectivity index (χ1) is 10.6. The first-order valence-corrected chi connectivity index (χ1v) is 7.79. The van der Waals surface area contributed by atoms with Crippen LogP contribution >= 0.6 is 11.3 Å². The maximum absolute atomic E-state index is 13.4. The molecule has 1 heterocycles. The first kappa shape index (κ1) is 16.2. The molecule has 0 aliphatic rings. The van der Waals surface area contributed by atoms with Crippen molar-refractivity contribution >= 4 is 33.3 Å². The Morgan fingerprint density at radius 2 is 2.09 bits per heavy atom. The van der Waals surface area contributed by atoms with Gasteiger partial charge in [0.25, 0.3) is 0 Å². The summed E-state index contributed by atoms with van der Waals surface area (Å²) in [6.45, 7) is 3.00. The number of hydrogen-bond donors (Lipinski definition) is 2. The van der Waals surface area contributed by atoms with Crippen molar-refractivity contribution in [1.29, 1.82) is 0 Å². The Kier molecular flexibility index (Phi) is 5.65. The largest absolute Gasteiger partial charge is 0.350 e. The summed E-state index contributed by atoms with van der Waals surface area (Å²) in [6, 6.07) is 5.41. The molecule has 0 fully saturated rings. The monoisotopic (exact) mass is 323 g/mol. The van der Waals surface area contributed by atoms with Crippen LogP contribution in [0.5, 0.6) is 0 Å². The number of hydrogen-bond acceptors (Lipinski definition) is 5. The molecule has 2 rings (SSSR count). The minimum absolute atomic E-state index is 0.116. The van der Waals surface area contributed by atoms with Gasteiger partial charge in [-0.15, -0.1) is 10.2 Å². The Morgan fingerprint density at radius 3 is 2.82 bits per heavy atom. The highest BCUT2D eigenvalue weighted by molar-refractivity contribution is 7.19. The second-order valence-corrected chi connectivity index (χ2v) is 5.68. The van der Waals surface area contributed by atoms with Crippen LogP contribution in [0.2, 0.25) is 0 Å². The molecular formula is C14H18FN5OS. The van der Waals surface area contributed by atoms with Crippen LogP contribution in [0.15, 0.2) is 24.3 Å². The molecular weight excluding hydrogens is 305 g/mol. The number of anilines is 3. The summed E-state index contributed by atoms with van der Waals surface area (Å²) in [6.07, 6.45) is 2.16. The maximum Gasteiger partial charge on any atom is 0.325 e. The van der Waals surface area contributed by atoms with Crippen molar-refractivity contribution in [3.8, 4) is 0 Å². The molecule has 8 heteroatoms. The Balaban J connectivity index is 1.92. The molecule has 2 aromatic rings. The summed E-state index contributed by atoms with van der Waals surface area (Å²) < 4.78 is 13.4. The number of carbonyl (C=O) groups excluding carboxylic acids is 1. The molecule has 1 aromatic heterocycles. The fraction of sp³-hybridized carbons (Fsp3) is 0.357. The zero-order chi connectivity index (χ0) is 15.9. The number of para-hydroxylation sites is 1. The minimum Gasteiger partial charge on any atom is -0.350 e. The summed E-state index contributed by atoms with van der Waals surface area (Å²) in [5.41, 5.74) is 0.116. The number of unbranched alkanes of at least 4 members (excludes halogenated alkanes) is 1. The van der Waals surface area contributed by atoms with Crippen molar-refractivity contribution in [3.63, 3.8) is 0 Å². The molecule has 0 aliphatic carbocycles. The summed E-state index contributed by atoms with van der Waals surface area (Å²) >= 11 is 1.27. The lowest BCUT2D eigenvalue weighted by atomic mass is 10.3. The van der Waals surface area contributed by atoms with Crippen LogP contribution in [0.25, 0.3) is 0 Å². The minimum atomic E-state index is -0.552. The van der Waals surface area contributed by atoms with E-state index < -0.39 is 11.8 Å². The van der Waals surface area contributed by atoms with Gasteiger partial charge in [0.05, 0.1) is 5.69 Å². The summed E-state index contributed by atoms with van der Waals surface area (Å²) in [5, 5.41) is 14.0. The number of aromatic nitrogens is 2. The van der Waals surface area contributed by atoms with E-state index in [9.17, 15) is 9.18 Å². The topological polar surface area (TPSA) is 70.2 Å². The van der Waals surface area contributed by atoms with Gasteiger partial charge in [0.15, 0.2) is 0 Å². The van der Waals surface area contributed by atoms with Gasteiger partial charge in [-0.05, 0) is 18.6 Å². The van der Waals surface area contributed by atoms with Crippen molar-refractivity contribution in [2.75, 3.05) is 29.1 Å². The van der Waals surface area contributed by atoms with Gasteiger partial charge < -0.3 is 10.2 Å². The van der Waals surface area contributed by atoms with Crippen molar-refractivity contribution < 1.29 is 9.18 Å². The third kappa shape index (κ3) is 4.39. The van der Waals surface area contributed by atoms with Crippen molar-refractivity contribution in [2.45, 2.75) is 19.8 Å². The number of nitrogens with one attached hydrogen (secondary N) is 2. The summed E-state index contributed by atoms with van der Waals surface area (Å²) in [5.74, 6) is -0.491. The van der Waals surface area contributed by atoms with E-state index in [4.69, 9.17) is 0 Å². The van der Waals surface area contributed by atoms with Crippen LogP contribution in [0, 0.1) is 5.82 Å². The summed E-state index contributed by atoms with van der Waals surface area (Å²) in [7, 11) is 1.93. The van der Waals surface area contributed by atoms with Crippen molar-refractivity contribution in [1.82, 2.24) is 10.2 Å². The lowest BCUT2D eigenvalue weighted by Gasteiger charge is -2.13. The third-order valence-corrected chi connectivity index (χ3v) is 3.88. The lowest BCUT2D eigenvalue weighted by Crippen LogP contribution is -2.20. The molecule has 0 spiro atoms. The van der Waals surface area contributed by atoms with E-state index in [1.807, 2.05) is 11.9 Å². The summed E-state index contributed by atoms with van der Waals surface area (Å²) in [4.78, 5) is 13.8. The predicted molar refractivity (Wildman–Crippen MR) is 87.1 cm³/mol. The normalized spacial score (nSPS) is 10.3. The number of halogens is 1. The van der Waals surface area contributed by atoms with Crippen LogP contribution in [-0.2, 0) is 0 Å². The predicted octanol–water partition coefficient (Wildman–Crippen LogP) is 3.56. The Labute approximate surface area is 132 Å². The van der Waals surface area contributed by atoms with Gasteiger partial charge in [0, 0.05) is 13.6 Å². The number of urea groups is 1. The molecule has 0 aliphatic heterocycles. The smallest absolute Gasteiger partial charge is 0.325 e. The highest BCUT2D eigenvalue weighted by Crippen LogP contribution is 2.23.